The number of hydrogen-bond donors (Lipinski definition) is 2. The van der Waals surface area contributed by atoms with Crippen LogP contribution in [-0.4, -0.2) is 36.5 Å². The van der Waals surface area contributed by atoms with Crippen LogP contribution in [0.4, 0.5) is 0 Å². The number of hydrogen-bond acceptors (Lipinski definition) is 3. The Bertz CT molecular complexity index is 474. The molecule has 0 aliphatic heterocycles. The van der Waals surface area contributed by atoms with Crippen molar-refractivity contribution in [1.29, 1.82) is 0 Å². The van der Waals surface area contributed by atoms with E-state index in [1.165, 1.54) is 12.8 Å². The van der Waals surface area contributed by atoms with Crippen LogP contribution in [0.3, 0.4) is 0 Å². The van der Waals surface area contributed by atoms with Gasteiger partial charge in [-0.25, -0.2) is 0 Å². The van der Waals surface area contributed by atoms with Gasteiger partial charge in [-0.3, -0.25) is 9.69 Å². The van der Waals surface area contributed by atoms with E-state index in [2.05, 4.69) is 17.1 Å². The molecular formula is C15H22ClN3O. The Hall–Kier alpha value is -1.10. The van der Waals surface area contributed by atoms with Crippen molar-refractivity contribution in [3.8, 4) is 0 Å². The Morgan fingerprint density at radius 3 is 2.80 bits per heavy atom. The van der Waals surface area contributed by atoms with Gasteiger partial charge in [-0.05, 0) is 37.1 Å². The van der Waals surface area contributed by atoms with Crippen LogP contribution in [0.15, 0.2) is 18.2 Å². The van der Waals surface area contributed by atoms with Gasteiger partial charge in [0.25, 0.3) is 0 Å². The maximum Gasteiger partial charge on any atom is 0.248 e. The molecule has 0 atom stereocenters. The van der Waals surface area contributed by atoms with Crippen LogP contribution in [-0.2, 0) is 6.54 Å². The highest BCUT2D eigenvalue weighted by atomic mass is 35.5. The van der Waals surface area contributed by atoms with Gasteiger partial charge in [0.05, 0.1) is 0 Å². The number of primary amides is 1. The summed E-state index contributed by atoms with van der Waals surface area (Å²) < 4.78 is 0. The standard InChI is InChI=1S/C15H22ClN3O/c1-2-19(13-5-6-13)8-7-18-10-12-4-3-11(15(17)20)9-14(12)16/h3-4,9,13,18H,2,5-8,10H2,1H3,(H2,17,20). The minimum absolute atomic E-state index is 0.449. The lowest BCUT2D eigenvalue weighted by Crippen LogP contribution is -2.33. The van der Waals surface area contributed by atoms with Crippen molar-refractivity contribution in [2.45, 2.75) is 32.4 Å². The van der Waals surface area contributed by atoms with Crippen LogP contribution in [0.5, 0.6) is 0 Å². The maximum atomic E-state index is 11.0. The van der Waals surface area contributed by atoms with E-state index in [9.17, 15) is 4.79 Å². The summed E-state index contributed by atoms with van der Waals surface area (Å²) in [4.78, 5) is 13.5. The van der Waals surface area contributed by atoms with Crippen LogP contribution < -0.4 is 11.1 Å². The zero-order valence-electron chi connectivity index (χ0n) is 11.9. The molecule has 1 aliphatic carbocycles. The lowest BCUT2D eigenvalue weighted by molar-refractivity contribution is 0.100. The molecule has 0 heterocycles. The second kappa shape index (κ2) is 7.07. The van der Waals surface area contributed by atoms with Gasteiger partial charge in [0.1, 0.15) is 0 Å². The van der Waals surface area contributed by atoms with Crippen molar-refractivity contribution >= 4 is 17.5 Å². The van der Waals surface area contributed by atoms with Gasteiger partial charge in [-0.1, -0.05) is 24.6 Å². The van der Waals surface area contributed by atoms with Gasteiger partial charge < -0.3 is 11.1 Å². The number of rotatable bonds is 8. The van der Waals surface area contributed by atoms with E-state index in [0.29, 0.717) is 17.1 Å². The number of nitrogens with two attached hydrogens (primary N) is 1. The molecule has 0 radical (unpaired) electrons. The molecule has 20 heavy (non-hydrogen) atoms. The summed E-state index contributed by atoms with van der Waals surface area (Å²) in [6, 6.07) is 6.01. The van der Waals surface area contributed by atoms with E-state index in [1.807, 2.05) is 6.07 Å². The Kier molecular flexibility index (Phi) is 5.40. The fraction of sp³-hybridized carbons (Fsp3) is 0.533. The second-order valence-corrected chi connectivity index (χ2v) is 5.61. The third kappa shape index (κ3) is 4.20. The monoisotopic (exact) mass is 295 g/mol. The molecule has 5 heteroatoms. The van der Waals surface area contributed by atoms with Crippen molar-refractivity contribution in [2.75, 3.05) is 19.6 Å². The lowest BCUT2D eigenvalue weighted by atomic mass is 10.1. The number of amides is 1. The van der Waals surface area contributed by atoms with Gasteiger partial charge in [-0.2, -0.15) is 0 Å². The quantitative estimate of drug-likeness (QED) is 0.721. The Balaban J connectivity index is 1.77. The summed E-state index contributed by atoms with van der Waals surface area (Å²) in [7, 11) is 0. The highest BCUT2D eigenvalue weighted by molar-refractivity contribution is 6.31. The van der Waals surface area contributed by atoms with Crippen molar-refractivity contribution < 1.29 is 4.79 Å². The molecule has 1 saturated carbocycles. The molecule has 1 fully saturated rings. The number of nitrogens with one attached hydrogen (secondary N) is 1. The van der Waals surface area contributed by atoms with Gasteiger partial charge >= 0.3 is 0 Å². The highest BCUT2D eigenvalue weighted by Gasteiger charge is 2.26. The van der Waals surface area contributed by atoms with E-state index in [1.54, 1.807) is 12.1 Å². The van der Waals surface area contributed by atoms with Gasteiger partial charge in [-0.15, -0.1) is 0 Å². The van der Waals surface area contributed by atoms with E-state index >= 15 is 0 Å². The lowest BCUT2D eigenvalue weighted by Gasteiger charge is -2.19. The summed E-state index contributed by atoms with van der Waals surface area (Å²) in [6.07, 6.45) is 2.68. The molecule has 3 N–H and O–H groups in total. The average molecular weight is 296 g/mol. The van der Waals surface area contributed by atoms with Crippen molar-refractivity contribution in [1.82, 2.24) is 10.2 Å². The van der Waals surface area contributed by atoms with E-state index < -0.39 is 5.91 Å². The molecule has 4 nitrogen and oxygen atoms in total. The van der Waals surface area contributed by atoms with Crippen LogP contribution in [0.25, 0.3) is 0 Å². The highest BCUT2D eigenvalue weighted by Crippen LogP contribution is 2.25. The smallest absolute Gasteiger partial charge is 0.248 e. The first-order valence-corrected chi connectivity index (χ1v) is 7.52. The fourth-order valence-electron chi connectivity index (χ4n) is 2.33. The molecule has 1 aliphatic rings. The van der Waals surface area contributed by atoms with Crippen molar-refractivity contribution in [3.63, 3.8) is 0 Å². The Morgan fingerprint density at radius 2 is 2.25 bits per heavy atom. The fourth-order valence-corrected chi connectivity index (χ4v) is 2.58. The third-order valence-corrected chi connectivity index (χ3v) is 4.05. The molecule has 110 valence electrons. The third-order valence-electron chi connectivity index (χ3n) is 3.70. The minimum Gasteiger partial charge on any atom is -0.366 e. The summed E-state index contributed by atoms with van der Waals surface area (Å²) in [6.45, 7) is 6.04. The average Bonchev–Trinajstić information content (AvgIpc) is 3.24. The first-order valence-electron chi connectivity index (χ1n) is 7.14. The van der Waals surface area contributed by atoms with Crippen molar-refractivity contribution in [3.05, 3.63) is 34.3 Å². The first kappa shape index (κ1) is 15.3. The zero-order valence-corrected chi connectivity index (χ0v) is 12.6. The topological polar surface area (TPSA) is 58.4 Å². The van der Waals surface area contributed by atoms with Crippen LogP contribution in [0, 0.1) is 0 Å². The SMILES string of the molecule is CCN(CCNCc1ccc(C(N)=O)cc1Cl)C1CC1. The predicted molar refractivity (Wildman–Crippen MR) is 81.9 cm³/mol. The second-order valence-electron chi connectivity index (χ2n) is 5.21. The number of benzene rings is 1. The number of halogens is 1. The summed E-state index contributed by atoms with van der Waals surface area (Å²) in [5.41, 5.74) is 6.66. The van der Waals surface area contributed by atoms with Crippen LogP contribution in [0.2, 0.25) is 5.02 Å². The molecule has 0 unspecified atom stereocenters. The van der Waals surface area contributed by atoms with Gasteiger partial charge in [0, 0.05) is 36.3 Å². The normalized spacial score (nSPS) is 14.8. The number of nitrogens with zero attached hydrogens (tertiary/aromatic N) is 1. The van der Waals surface area contributed by atoms with Crippen LogP contribution >= 0.6 is 11.6 Å². The molecule has 1 aromatic carbocycles. The molecule has 1 amide bonds. The molecule has 0 aromatic heterocycles. The number of likely N-dealkylation sites (N-methyl/N-ethyl adjacent to an activating group) is 1. The minimum atomic E-state index is -0.450. The molecule has 2 rings (SSSR count). The van der Waals surface area contributed by atoms with Gasteiger partial charge in [0.2, 0.25) is 5.91 Å². The molecular weight excluding hydrogens is 274 g/mol. The van der Waals surface area contributed by atoms with E-state index in [0.717, 1.165) is 31.2 Å². The largest absolute Gasteiger partial charge is 0.366 e. The molecule has 0 bridgehead atoms. The zero-order chi connectivity index (χ0) is 14.5. The van der Waals surface area contributed by atoms with E-state index in [4.69, 9.17) is 17.3 Å². The Labute approximate surface area is 125 Å². The first-order chi connectivity index (χ1) is 9.61. The summed E-state index contributed by atoms with van der Waals surface area (Å²) in [5, 5.41) is 3.98. The summed E-state index contributed by atoms with van der Waals surface area (Å²) >= 11 is 6.14. The molecule has 1 aromatic rings. The van der Waals surface area contributed by atoms with Gasteiger partial charge in [0.15, 0.2) is 0 Å². The molecule has 0 spiro atoms. The van der Waals surface area contributed by atoms with E-state index in [-0.39, 0.29) is 0 Å². The van der Waals surface area contributed by atoms with Crippen molar-refractivity contribution in [2.24, 2.45) is 5.73 Å². The molecule has 0 saturated heterocycles. The Morgan fingerprint density at radius 1 is 1.50 bits per heavy atom. The number of carbonyl (C=O) groups excluding carboxylic acids is 1. The summed E-state index contributed by atoms with van der Waals surface area (Å²) in [5.74, 6) is -0.450. The van der Waals surface area contributed by atoms with Crippen LogP contribution in [0.1, 0.15) is 35.7 Å². The predicted octanol–water partition coefficient (Wildman–Crippen LogP) is 2.01. The maximum absolute atomic E-state index is 11.0. The number of carbonyl (C=O) groups is 1.